The van der Waals surface area contributed by atoms with E-state index in [0.717, 1.165) is 37.1 Å². The van der Waals surface area contributed by atoms with Crippen LogP contribution < -0.4 is 0 Å². The van der Waals surface area contributed by atoms with Crippen molar-refractivity contribution in [2.24, 2.45) is 0 Å². The quantitative estimate of drug-likeness (QED) is 0.594. The molecule has 5 rings (SSSR count). The Morgan fingerprint density at radius 2 is 1.97 bits per heavy atom. The molecule has 0 bridgehead atoms. The van der Waals surface area contributed by atoms with Crippen molar-refractivity contribution in [2.45, 2.75) is 58.7 Å². The summed E-state index contributed by atoms with van der Waals surface area (Å²) in [5.41, 5.74) is 4.45. The van der Waals surface area contributed by atoms with Crippen LogP contribution in [0.2, 0.25) is 0 Å². The van der Waals surface area contributed by atoms with E-state index in [1.807, 2.05) is 35.8 Å². The summed E-state index contributed by atoms with van der Waals surface area (Å²) in [5, 5.41) is 12.3. The number of hydrogen-bond acceptors (Lipinski definition) is 6. The van der Waals surface area contributed by atoms with Crippen LogP contribution in [0.1, 0.15) is 51.5 Å². The van der Waals surface area contributed by atoms with Crippen LogP contribution in [0.4, 0.5) is 0 Å². The lowest BCUT2D eigenvalue weighted by Crippen LogP contribution is -2.39. The Morgan fingerprint density at radius 1 is 1.15 bits per heavy atom. The van der Waals surface area contributed by atoms with Crippen molar-refractivity contribution in [1.29, 1.82) is 0 Å². The first kappa shape index (κ1) is 21.4. The number of amides is 2. The van der Waals surface area contributed by atoms with Gasteiger partial charge in [-0.25, -0.2) is 4.68 Å². The van der Waals surface area contributed by atoms with Gasteiger partial charge in [-0.3, -0.25) is 9.59 Å². The van der Waals surface area contributed by atoms with Crippen molar-refractivity contribution in [3.05, 3.63) is 64.3 Å². The predicted octanol–water partition coefficient (Wildman–Crippen LogP) is 2.32. The highest BCUT2D eigenvalue weighted by molar-refractivity contribution is 5.92. The van der Waals surface area contributed by atoms with Gasteiger partial charge in [0.2, 0.25) is 5.91 Å². The molecule has 2 aliphatic heterocycles. The molecular formula is C24H28N6O3. The van der Waals surface area contributed by atoms with Crippen molar-refractivity contribution >= 4 is 11.8 Å². The number of nitrogens with zero attached hydrogens (tertiary/aromatic N) is 6. The zero-order chi connectivity index (χ0) is 22.9. The molecule has 1 saturated heterocycles. The van der Waals surface area contributed by atoms with Crippen molar-refractivity contribution in [3.8, 4) is 0 Å². The highest BCUT2D eigenvalue weighted by Crippen LogP contribution is 2.23. The SMILES string of the molecule is Cc1noc(C)c1CC(=O)N1CCC[C@H]1Cn1cc(C(=O)N2CCc3ccccc3C2)nn1. The standard InChI is InChI=1S/C24H28N6O3/c1-16-21(17(2)33-26-16)12-23(31)30-10-5-8-20(30)14-29-15-22(25-27-29)24(32)28-11-9-18-6-3-4-7-19(18)13-28/h3-4,6-7,15,20H,5,8-14H2,1-2H3/t20-/m0/s1. The number of aromatic nitrogens is 4. The van der Waals surface area contributed by atoms with Gasteiger partial charge in [0.15, 0.2) is 5.69 Å². The van der Waals surface area contributed by atoms with E-state index in [2.05, 4.69) is 27.6 Å². The van der Waals surface area contributed by atoms with Crippen molar-refractivity contribution in [1.82, 2.24) is 30.0 Å². The van der Waals surface area contributed by atoms with Crippen molar-refractivity contribution < 1.29 is 14.1 Å². The van der Waals surface area contributed by atoms with Crippen LogP contribution in [0, 0.1) is 13.8 Å². The summed E-state index contributed by atoms with van der Waals surface area (Å²) in [6.45, 7) is 6.20. The summed E-state index contributed by atoms with van der Waals surface area (Å²) in [7, 11) is 0. The van der Waals surface area contributed by atoms with Crippen LogP contribution in [0.25, 0.3) is 0 Å². The van der Waals surface area contributed by atoms with Gasteiger partial charge in [-0.05, 0) is 44.2 Å². The van der Waals surface area contributed by atoms with Gasteiger partial charge in [0, 0.05) is 25.2 Å². The molecule has 33 heavy (non-hydrogen) atoms. The summed E-state index contributed by atoms with van der Waals surface area (Å²) < 4.78 is 6.89. The highest BCUT2D eigenvalue weighted by Gasteiger charge is 2.31. The van der Waals surface area contributed by atoms with E-state index in [1.165, 1.54) is 11.1 Å². The van der Waals surface area contributed by atoms with Gasteiger partial charge in [-0.2, -0.15) is 0 Å². The number of carbonyl (C=O) groups excluding carboxylic acids is 2. The molecule has 172 valence electrons. The Bertz CT molecular complexity index is 1160. The Morgan fingerprint density at radius 3 is 2.76 bits per heavy atom. The maximum atomic E-state index is 13.0. The molecule has 0 radical (unpaired) electrons. The van der Waals surface area contributed by atoms with Gasteiger partial charge in [0.05, 0.1) is 30.9 Å². The molecule has 2 aliphatic rings. The molecule has 0 saturated carbocycles. The average Bonchev–Trinajstić information content (AvgIpc) is 3.56. The van der Waals surface area contributed by atoms with Gasteiger partial charge in [-0.1, -0.05) is 34.6 Å². The second kappa shape index (κ2) is 8.80. The lowest BCUT2D eigenvalue weighted by atomic mass is 10.00. The number of aryl methyl sites for hydroxylation is 2. The minimum atomic E-state index is -0.103. The molecule has 1 atom stereocenters. The highest BCUT2D eigenvalue weighted by atomic mass is 16.5. The molecule has 2 aromatic heterocycles. The van der Waals surface area contributed by atoms with E-state index in [9.17, 15) is 9.59 Å². The minimum Gasteiger partial charge on any atom is -0.361 e. The molecule has 0 unspecified atom stereocenters. The Kier molecular flexibility index (Phi) is 5.70. The van der Waals surface area contributed by atoms with Gasteiger partial charge < -0.3 is 14.3 Å². The first-order chi connectivity index (χ1) is 16.0. The fourth-order valence-electron chi connectivity index (χ4n) is 4.89. The van der Waals surface area contributed by atoms with E-state index in [-0.39, 0.29) is 24.3 Å². The third kappa shape index (κ3) is 4.27. The lowest BCUT2D eigenvalue weighted by Gasteiger charge is -2.28. The third-order valence-electron chi connectivity index (χ3n) is 6.78. The maximum absolute atomic E-state index is 13.0. The first-order valence-electron chi connectivity index (χ1n) is 11.5. The van der Waals surface area contributed by atoms with Gasteiger partial charge in [-0.15, -0.1) is 5.10 Å². The van der Waals surface area contributed by atoms with E-state index in [0.29, 0.717) is 31.1 Å². The van der Waals surface area contributed by atoms with Crippen LogP contribution in [-0.4, -0.2) is 60.9 Å². The van der Waals surface area contributed by atoms with Crippen molar-refractivity contribution in [2.75, 3.05) is 13.1 Å². The second-order valence-electron chi connectivity index (χ2n) is 8.93. The third-order valence-corrected chi connectivity index (χ3v) is 6.78. The summed E-state index contributed by atoms with van der Waals surface area (Å²) in [6, 6.07) is 8.26. The number of hydrogen-bond donors (Lipinski definition) is 0. The summed E-state index contributed by atoms with van der Waals surface area (Å²) >= 11 is 0. The average molecular weight is 449 g/mol. The summed E-state index contributed by atoms with van der Waals surface area (Å²) in [4.78, 5) is 29.7. The summed E-state index contributed by atoms with van der Waals surface area (Å²) in [6.07, 6.45) is 4.69. The number of fused-ring (bicyclic) bond motifs is 1. The predicted molar refractivity (Wildman–Crippen MR) is 119 cm³/mol. The zero-order valence-electron chi connectivity index (χ0n) is 19.0. The largest absolute Gasteiger partial charge is 0.361 e. The van der Waals surface area contributed by atoms with E-state index in [1.54, 1.807) is 10.9 Å². The van der Waals surface area contributed by atoms with E-state index >= 15 is 0 Å². The maximum Gasteiger partial charge on any atom is 0.276 e. The molecule has 2 amide bonds. The molecule has 9 nitrogen and oxygen atoms in total. The molecule has 4 heterocycles. The lowest BCUT2D eigenvalue weighted by molar-refractivity contribution is -0.131. The number of benzene rings is 1. The molecule has 9 heteroatoms. The van der Waals surface area contributed by atoms with Crippen LogP contribution in [0.3, 0.4) is 0 Å². The van der Waals surface area contributed by atoms with Gasteiger partial charge >= 0.3 is 0 Å². The zero-order valence-corrected chi connectivity index (χ0v) is 19.0. The van der Waals surface area contributed by atoms with E-state index in [4.69, 9.17) is 4.52 Å². The second-order valence-corrected chi connectivity index (χ2v) is 8.93. The fourth-order valence-corrected chi connectivity index (χ4v) is 4.89. The van der Waals surface area contributed by atoms with Crippen LogP contribution in [-0.2, 0) is 30.7 Å². The van der Waals surface area contributed by atoms with Gasteiger partial charge in [0.1, 0.15) is 5.76 Å². The molecular weight excluding hydrogens is 420 g/mol. The molecule has 1 aromatic carbocycles. The van der Waals surface area contributed by atoms with Crippen LogP contribution in [0.5, 0.6) is 0 Å². The van der Waals surface area contributed by atoms with Gasteiger partial charge in [0.25, 0.3) is 5.91 Å². The Hall–Kier alpha value is -3.49. The molecule has 0 spiro atoms. The molecule has 0 aliphatic carbocycles. The van der Waals surface area contributed by atoms with Crippen LogP contribution >= 0.6 is 0 Å². The normalized spacial score (nSPS) is 17.9. The van der Waals surface area contributed by atoms with E-state index < -0.39 is 0 Å². The Labute approximate surface area is 192 Å². The molecule has 3 aromatic rings. The van der Waals surface area contributed by atoms with Crippen molar-refractivity contribution in [3.63, 3.8) is 0 Å². The minimum absolute atomic E-state index is 0.0319. The van der Waals surface area contributed by atoms with Crippen LogP contribution in [0.15, 0.2) is 35.0 Å². The summed E-state index contributed by atoms with van der Waals surface area (Å²) in [5.74, 6) is 0.653. The monoisotopic (exact) mass is 448 g/mol. The fraction of sp³-hybridized carbons (Fsp3) is 0.458. The topological polar surface area (TPSA) is 97.4 Å². The molecule has 1 fully saturated rings. The molecule has 0 N–H and O–H groups in total. The number of rotatable bonds is 5. The number of likely N-dealkylation sites (tertiary alicyclic amines) is 1. The Balaban J connectivity index is 1.23. The smallest absolute Gasteiger partial charge is 0.276 e. The first-order valence-corrected chi connectivity index (χ1v) is 11.5. The number of carbonyl (C=O) groups is 2.